The third-order valence-corrected chi connectivity index (χ3v) is 4.21. The fraction of sp³-hybridized carbons (Fsp3) is 0. The van der Waals surface area contributed by atoms with Crippen molar-refractivity contribution in [3.05, 3.63) is 90.6 Å². The molecule has 1 heterocycles. The highest BCUT2D eigenvalue weighted by Gasteiger charge is 2.08. The van der Waals surface area contributed by atoms with Crippen LogP contribution in [0.15, 0.2) is 85.1 Å². The zero-order valence-corrected chi connectivity index (χ0v) is 13.0. The first kappa shape index (κ1) is 14.3. The smallest absolute Gasteiger partial charge is 0.150 e. The maximum Gasteiger partial charge on any atom is 0.150 e. The molecule has 0 unspecified atom stereocenters. The molecule has 0 atom stereocenters. The van der Waals surface area contributed by atoms with Gasteiger partial charge in [-0.1, -0.05) is 66.7 Å². The second-order valence-electron chi connectivity index (χ2n) is 5.67. The van der Waals surface area contributed by atoms with Crippen LogP contribution < -0.4 is 0 Å². The number of fused-ring (bicyclic) bond motifs is 1. The van der Waals surface area contributed by atoms with Gasteiger partial charge in [0.15, 0.2) is 6.29 Å². The lowest BCUT2D eigenvalue weighted by Crippen LogP contribution is -1.89. The van der Waals surface area contributed by atoms with Crippen LogP contribution in [-0.2, 0) is 0 Å². The molecule has 4 rings (SSSR count). The maximum atomic E-state index is 11.3. The van der Waals surface area contributed by atoms with Gasteiger partial charge in [-0.2, -0.15) is 0 Å². The van der Waals surface area contributed by atoms with E-state index >= 15 is 0 Å². The highest BCUT2D eigenvalue weighted by Crippen LogP contribution is 2.31. The number of benzene rings is 3. The molecule has 1 aromatic heterocycles. The van der Waals surface area contributed by atoms with Gasteiger partial charge in [-0.3, -0.25) is 9.78 Å². The third-order valence-electron chi connectivity index (χ3n) is 4.21. The lowest BCUT2D eigenvalue weighted by molar-refractivity contribution is 0.112. The topological polar surface area (TPSA) is 30.0 Å². The summed E-state index contributed by atoms with van der Waals surface area (Å²) in [5.41, 5.74) is 4.77. The fourth-order valence-electron chi connectivity index (χ4n) is 3.03. The number of carbonyl (C=O) groups is 1. The lowest BCUT2D eigenvalue weighted by atomic mass is 9.96. The number of rotatable bonds is 3. The van der Waals surface area contributed by atoms with Crippen LogP contribution in [0.1, 0.15) is 10.4 Å². The van der Waals surface area contributed by atoms with Crippen molar-refractivity contribution in [2.45, 2.75) is 0 Å². The number of aldehydes is 1. The lowest BCUT2D eigenvalue weighted by Gasteiger charge is -2.09. The molecule has 0 aliphatic heterocycles. The Morgan fingerprint density at radius 1 is 0.750 bits per heavy atom. The average Bonchev–Trinajstić information content (AvgIpc) is 2.67. The molecule has 0 amide bonds. The van der Waals surface area contributed by atoms with Crippen LogP contribution in [0.2, 0.25) is 0 Å². The van der Waals surface area contributed by atoms with Crippen LogP contribution in [0.5, 0.6) is 0 Å². The first-order valence-corrected chi connectivity index (χ1v) is 7.85. The van der Waals surface area contributed by atoms with Crippen LogP contribution in [0.4, 0.5) is 0 Å². The Bertz CT molecular complexity index is 1020. The van der Waals surface area contributed by atoms with Crippen molar-refractivity contribution in [2.24, 2.45) is 0 Å². The van der Waals surface area contributed by atoms with Gasteiger partial charge >= 0.3 is 0 Å². The summed E-state index contributed by atoms with van der Waals surface area (Å²) in [6.45, 7) is 0. The molecule has 0 spiro atoms. The molecule has 0 N–H and O–H groups in total. The zero-order valence-electron chi connectivity index (χ0n) is 13.0. The van der Waals surface area contributed by atoms with Crippen LogP contribution in [0.3, 0.4) is 0 Å². The minimum atomic E-state index is 0.703. The van der Waals surface area contributed by atoms with E-state index in [0.29, 0.717) is 5.56 Å². The van der Waals surface area contributed by atoms with Gasteiger partial charge in [-0.15, -0.1) is 0 Å². The van der Waals surface area contributed by atoms with Crippen molar-refractivity contribution in [3.8, 4) is 22.4 Å². The van der Waals surface area contributed by atoms with Crippen LogP contribution >= 0.6 is 0 Å². The van der Waals surface area contributed by atoms with Crippen molar-refractivity contribution in [1.82, 2.24) is 4.98 Å². The predicted molar refractivity (Wildman–Crippen MR) is 98.0 cm³/mol. The number of hydrogen-bond acceptors (Lipinski definition) is 2. The van der Waals surface area contributed by atoms with Crippen molar-refractivity contribution >= 4 is 17.1 Å². The summed E-state index contributed by atoms with van der Waals surface area (Å²) in [7, 11) is 0. The molecule has 0 saturated carbocycles. The van der Waals surface area contributed by atoms with Crippen LogP contribution in [-0.4, -0.2) is 11.3 Å². The number of nitrogens with zero attached hydrogens (tertiary/aromatic N) is 1. The summed E-state index contributed by atoms with van der Waals surface area (Å²) < 4.78 is 0. The van der Waals surface area contributed by atoms with Gasteiger partial charge in [-0.05, 0) is 28.6 Å². The van der Waals surface area contributed by atoms with E-state index in [0.717, 1.165) is 39.4 Å². The molecule has 0 saturated heterocycles. The van der Waals surface area contributed by atoms with Gasteiger partial charge in [-0.25, -0.2) is 0 Å². The Morgan fingerprint density at radius 3 is 2.38 bits per heavy atom. The average molecular weight is 309 g/mol. The normalized spacial score (nSPS) is 10.7. The molecular formula is C22H15NO. The van der Waals surface area contributed by atoms with E-state index in [2.05, 4.69) is 35.3 Å². The van der Waals surface area contributed by atoms with E-state index in [1.54, 1.807) is 0 Å². The Morgan fingerprint density at radius 2 is 1.54 bits per heavy atom. The molecule has 0 radical (unpaired) electrons. The van der Waals surface area contributed by atoms with E-state index in [-0.39, 0.29) is 0 Å². The van der Waals surface area contributed by atoms with E-state index in [1.807, 2.05) is 54.7 Å². The SMILES string of the molecule is O=Cc1ccccc1-c1ccc2c(-c3ccccc3)nccc2c1. The second-order valence-corrected chi connectivity index (χ2v) is 5.67. The largest absolute Gasteiger partial charge is 0.298 e. The summed E-state index contributed by atoms with van der Waals surface area (Å²) in [6.07, 6.45) is 2.74. The van der Waals surface area contributed by atoms with Gasteiger partial charge in [0.1, 0.15) is 0 Å². The van der Waals surface area contributed by atoms with Gasteiger partial charge < -0.3 is 0 Å². The molecule has 3 aromatic carbocycles. The molecule has 0 aliphatic carbocycles. The summed E-state index contributed by atoms with van der Waals surface area (Å²) in [4.78, 5) is 15.9. The van der Waals surface area contributed by atoms with Crippen molar-refractivity contribution in [1.29, 1.82) is 0 Å². The van der Waals surface area contributed by atoms with Crippen LogP contribution in [0.25, 0.3) is 33.2 Å². The van der Waals surface area contributed by atoms with Gasteiger partial charge in [0.25, 0.3) is 0 Å². The first-order chi connectivity index (χ1) is 11.9. The second kappa shape index (κ2) is 6.09. The Kier molecular flexibility index (Phi) is 3.64. The van der Waals surface area contributed by atoms with E-state index < -0.39 is 0 Å². The van der Waals surface area contributed by atoms with Crippen LogP contribution in [0, 0.1) is 0 Å². The standard InChI is InChI=1S/C22H15NO/c24-15-19-8-4-5-9-20(19)17-10-11-21-18(14-17)12-13-23-22(21)16-6-2-1-3-7-16/h1-15H. The summed E-state index contributed by atoms with van der Waals surface area (Å²) in [6, 6.07) is 26.1. The fourth-order valence-corrected chi connectivity index (χ4v) is 3.03. The Balaban J connectivity index is 1.90. The van der Waals surface area contributed by atoms with E-state index in [9.17, 15) is 4.79 Å². The van der Waals surface area contributed by atoms with Gasteiger partial charge in [0, 0.05) is 22.7 Å². The van der Waals surface area contributed by atoms with E-state index in [4.69, 9.17) is 0 Å². The summed E-state index contributed by atoms with van der Waals surface area (Å²) in [5, 5.41) is 2.22. The zero-order chi connectivity index (χ0) is 16.4. The predicted octanol–water partition coefficient (Wildman–Crippen LogP) is 5.38. The molecule has 0 bridgehead atoms. The maximum absolute atomic E-state index is 11.3. The van der Waals surface area contributed by atoms with Gasteiger partial charge in [0.2, 0.25) is 0 Å². The van der Waals surface area contributed by atoms with Crippen molar-refractivity contribution in [3.63, 3.8) is 0 Å². The monoisotopic (exact) mass is 309 g/mol. The number of hydrogen-bond donors (Lipinski definition) is 0. The Hall–Kier alpha value is -3.26. The molecule has 4 aromatic rings. The molecule has 24 heavy (non-hydrogen) atoms. The molecular weight excluding hydrogens is 294 g/mol. The van der Waals surface area contributed by atoms with Gasteiger partial charge in [0.05, 0.1) is 5.69 Å². The van der Waals surface area contributed by atoms with Crippen molar-refractivity contribution in [2.75, 3.05) is 0 Å². The third kappa shape index (κ3) is 2.48. The molecule has 0 fully saturated rings. The number of carbonyl (C=O) groups excluding carboxylic acids is 1. The first-order valence-electron chi connectivity index (χ1n) is 7.85. The quantitative estimate of drug-likeness (QED) is 0.475. The van der Waals surface area contributed by atoms with E-state index in [1.165, 1.54) is 0 Å². The number of aromatic nitrogens is 1. The highest BCUT2D eigenvalue weighted by atomic mass is 16.1. The minimum absolute atomic E-state index is 0.703. The summed E-state index contributed by atoms with van der Waals surface area (Å²) >= 11 is 0. The Labute approximate surface area is 140 Å². The molecule has 114 valence electrons. The highest BCUT2D eigenvalue weighted by molar-refractivity contribution is 5.98. The summed E-state index contributed by atoms with van der Waals surface area (Å²) in [5.74, 6) is 0. The van der Waals surface area contributed by atoms with Crippen molar-refractivity contribution < 1.29 is 4.79 Å². The molecule has 2 nitrogen and oxygen atoms in total. The molecule has 2 heteroatoms. The number of pyridine rings is 1. The minimum Gasteiger partial charge on any atom is -0.298 e. The molecule has 0 aliphatic rings.